The van der Waals surface area contributed by atoms with Crippen molar-refractivity contribution in [1.29, 1.82) is 0 Å². The van der Waals surface area contributed by atoms with Gasteiger partial charge in [-0.25, -0.2) is 0 Å². The second-order valence-corrected chi connectivity index (χ2v) is 12.0. The number of rotatable bonds is 6. The van der Waals surface area contributed by atoms with Gasteiger partial charge in [-0.3, -0.25) is 0 Å². The SMILES string of the molecule is C1=CC(CCC2C=Cc3ccccc32)c2ccccc21.CC1C=C(CCC2C=Cc3ccccc32)c2ccccc21.[CH3-].[CH3-].[Li+].[Li+]. The van der Waals surface area contributed by atoms with E-state index in [4.69, 9.17) is 0 Å². The van der Waals surface area contributed by atoms with Crippen molar-refractivity contribution < 1.29 is 37.7 Å². The van der Waals surface area contributed by atoms with E-state index >= 15 is 0 Å². The zero-order valence-corrected chi connectivity index (χ0v) is 27.9. The molecule has 0 N–H and O–H groups in total. The van der Waals surface area contributed by atoms with Crippen LogP contribution in [0, 0.1) is 14.9 Å². The van der Waals surface area contributed by atoms with E-state index in [1.54, 1.807) is 0 Å². The molecule has 0 radical (unpaired) electrons. The molecule has 0 aliphatic heterocycles. The summed E-state index contributed by atoms with van der Waals surface area (Å²) in [6, 6.07) is 35.2. The summed E-state index contributed by atoms with van der Waals surface area (Å²) in [5.74, 6) is 2.37. The first-order valence-electron chi connectivity index (χ1n) is 15.4. The van der Waals surface area contributed by atoms with Crippen LogP contribution in [-0.4, -0.2) is 0 Å². The van der Waals surface area contributed by atoms with Gasteiger partial charge in [-0.05, 0) is 75.8 Å². The number of hydrogen-bond donors (Lipinski definition) is 0. The molecule has 0 fully saturated rings. The summed E-state index contributed by atoms with van der Waals surface area (Å²) in [5, 5.41) is 0. The topological polar surface area (TPSA) is 0 Å². The van der Waals surface area contributed by atoms with E-state index in [0.29, 0.717) is 23.7 Å². The molecule has 4 unspecified atom stereocenters. The van der Waals surface area contributed by atoms with Crippen molar-refractivity contribution in [3.8, 4) is 0 Å². The molecule has 4 aromatic carbocycles. The van der Waals surface area contributed by atoms with Crippen LogP contribution in [0.1, 0.15) is 101 Å². The first-order chi connectivity index (χ1) is 20.2. The first kappa shape index (κ1) is 36.5. The molecule has 4 aromatic rings. The minimum atomic E-state index is 0. The van der Waals surface area contributed by atoms with Crippen LogP contribution in [0.4, 0.5) is 0 Å². The predicted molar refractivity (Wildman–Crippen MR) is 189 cm³/mol. The largest absolute Gasteiger partial charge is 1.00 e. The van der Waals surface area contributed by atoms with Gasteiger partial charge in [-0.2, -0.15) is 0 Å². The van der Waals surface area contributed by atoms with Crippen molar-refractivity contribution in [2.75, 3.05) is 0 Å². The molecule has 0 bridgehead atoms. The number of hydrogen-bond acceptors (Lipinski definition) is 0. The summed E-state index contributed by atoms with van der Waals surface area (Å²) >= 11 is 0. The molecule has 4 atom stereocenters. The molecule has 45 heavy (non-hydrogen) atoms. The summed E-state index contributed by atoms with van der Waals surface area (Å²) in [7, 11) is 0. The molecule has 8 rings (SSSR count). The molecule has 0 aromatic heterocycles. The summed E-state index contributed by atoms with van der Waals surface area (Å²) in [5.41, 5.74) is 13.2. The average Bonchev–Trinajstić information content (AvgIpc) is 3.80. The zero-order valence-electron chi connectivity index (χ0n) is 27.9. The molecule has 218 valence electrons. The van der Waals surface area contributed by atoms with Crippen LogP contribution in [0.25, 0.3) is 23.8 Å². The fourth-order valence-electron chi connectivity index (χ4n) is 7.28. The molecular weight excluding hydrogens is 530 g/mol. The quantitative estimate of drug-likeness (QED) is 0.194. The maximum atomic E-state index is 2.45. The standard InChI is InChI=1S/C21H20.C20H18.2CH3.2Li/c1-15-14-18(21-9-5-4-7-19(15)21)13-12-17-11-10-16-6-2-3-8-20(16)17;1-3-7-19-15(5-1)9-11-17(19)13-14-18-12-10-16-6-2-4-8-20(16)18;;;;/h2-11,14-15,17H,12-13H2,1H3;1-12,17-18H,13-14H2;2*1H3;;/q;;2*-1;2*+1. The molecule has 2 heteroatoms. The normalized spacial score (nSPS) is 20.1. The average molecular weight is 575 g/mol. The smallest absolute Gasteiger partial charge is 0.358 e. The van der Waals surface area contributed by atoms with Gasteiger partial charge in [0.2, 0.25) is 0 Å². The Morgan fingerprint density at radius 1 is 0.467 bits per heavy atom. The van der Waals surface area contributed by atoms with Gasteiger partial charge in [-0.1, -0.05) is 147 Å². The summed E-state index contributed by atoms with van der Waals surface area (Å²) in [6.45, 7) is 2.30. The predicted octanol–water partition coefficient (Wildman–Crippen LogP) is 6.07. The second-order valence-electron chi connectivity index (χ2n) is 12.0. The third kappa shape index (κ3) is 7.71. The Kier molecular flexibility index (Phi) is 13.4. The van der Waals surface area contributed by atoms with E-state index in [2.05, 4.69) is 147 Å². The molecule has 0 heterocycles. The van der Waals surface area contributed by atoms with Gasteiger partial charge in [0.15, 0.2) is 0 Å². The maximum absolute atomic E-state index is 2.45. The summed E-state index contributed by atoms with van der Waals surface area (Å²) in [4.78, 5) is 0. The molecular formula is C43H44Li2. The van der Waals surface area contributed by atoms with Gasteiger partial charge in [0, 0.05) is 23.7 Å². The van der Waals surface area contributed by atoms with Gasteiger partial charge in [0.25, 0.3) is 0 Å². The van der Waals surface area contributed by atoms with Crippen LogP contribution >= 0.6 is 0 Å². The number of allylic oxidation sites excluding steroid dienone is 5. The molecule has 0 amide bonds. The van der Waals surface area contributed by atoms with E-state index in [1.807, 2.05) is 0 Å². The third-order valence-electron chi connectivity index (χ3n) is 9.47. The van der Waals surface area contributed by atoms with Gasteiger partial charge in [0.1, 0.15) is 0 Å². The number of benzene rings is 4. The van der Waals surface area contributed by atoms with Crippen LogP contribution in [0.5, 0.6) is 0 Å². The van der Waals surface area contributed by atoms with Crippen LogP contribution in [0.2, 0.25) is 0 Å². The summed E-state index contributed by atoms with van der Waals surface area (Å²) < 4.78 is 0. The van der Waals surface area contributed by atoms with Gasteiger partial charge >= 0.3 is 37.7 Å². The van der Waals surface area contributed by atoms with Crippen LogP contribution in [0.15, 0.2) is 121 Å². The first-order valence-corrected chi connectivity index (χ1v) is 15.4. The van der Waals surface area contributed by atoms with E-state index in [-0.39, 0.29) is 52.6 Å². The molecule has 0 nitrogen and oxygen atoms in total. The van der Waals surface area contributed by atoms with Crippen molar-refractivity contribution >= 4 is 23.8 Å². The minimum Gasteiger partial charge on any atom is -0.358 e. The maximum Gasteiger partial charge on any atom is 1.00 e. The minimum absolute atomic E-state index is 0. The van der Waals surface area contributed by atoms with E-state index in [1.165, 1.54) is 75.8 Å². The molecule has 4 aliphatic rings. The molecule has 0 saturated heterocycles. The Bertz CT molecular complexity index is 1630. The number of fused-ring (bicyclic) bond motifs is 4. The van der Waals surface area contributed by atoms with Crippen LogP contribution in [-0.2, 0) is 0 Å². The van der Waals surface area contributed by atoms with E-state index < -0.39 is 0 Å². The van der Waals surface area contributed by atoms with Crippen LogP contribution < -0.4 is 37.7 Å². The Hall–Kier alpha value is -2.97. The van der Waals surface area contributed by atoms with E-state index in [9.17, 15) is 0 Å². The Morgan fingerprint density at radius 2 is 0.844 bits per heavy atom. The van der Waals surface area contributed by atoms with Crippen molar-refractivity contribution in [2.45, 2.75) is 56.3 Å². The van der Waals surface area contributed by atoms with Gasteiger partial charge < -0.3 is 14.9 Å². The Labute approximate surface area is 296 Å². The fraction of sp³-hybridized carbons (Fsp3) is 0.209. The summed E-state index contributed by atoms with van der Waals surface area (Å²) in [6.07, 6.45) is 21.2. The third-order valence-corrected chi connectivity index (χ3v) is 9.47. The van der Waals surface area contributed by atoms with E-state index in [0.717, 1.165) is 0 Å². The van der Waals surface area contributed by atoms with Crippen molar-refractivity contribution in [3.63, 3.8) is 0 Å². The van der Waals surface area contributed by atoms with Gasteiger partial charge in [-0.15, -0.1) is 0 Å². The molecule has 0 saturated carbocycles. The van der Waals surface area contributed by atoms with Crippen LogP contribution in [0.3, 0.4) is 0 Å². The molecule has 0 spiro atoms. The Morgan fingerprint density at radius 3 is 1.31 bits per heavy atom. The molecule has 4 aliphatic carbocycles. The van der Waals surface area contributed by atoms with Crippen molar-refractivity contribution in [1.82, 2.24) is 0 Å². The monoisotopic (exact) mass is 574 g/mol. The zero-order chi connectivity index (χ0) is 27.6. The second kappa shape index (κ2) is 16.6. The van der Waals surface area contributed by atoms with Crippen molar-refractivity contribution in [3.05, 3.63) is 181 Å². The van der Waals surface area contributed by atoms with Gasteiger partial charge in [0.05, 0.1) is 0 Å². The van der Waals surface area contributed by atoms with Crippen molar-refractivity contribution in [2.24, 2.45) is 0 Å². The fourth-order valence-corrected chi connectivity index (χ4v) is 7.28. The Balaban J connectivity index is 0.000000226.